The average Bonchev–Trinajstić information content (AvgIpc) is 2.83. The number of aromatic nitrogens is 4. The van der Waals surface area contributed by atoms with Crippen LogP contribution in [0.3, 0.4) is 0 Å². The first-order valence-electron chi connectivity index (χ1n) is 5.20. The van der Waals surface area contributed by atoms with E-state index in [0.29, 0.717) is 11.4 Å². The number of hydrogen-bond acceptors (Lipinski definition) is 4. The molecule has 0 saturated heterocycles. The molecule has 0 aliphatic carbocycles. The highest BCUT2D eigenvalue weighted by molar-refractivity contribution is 5.80. The maximum Gasteiger partial charge on any atom is 0.243 e. The Morgan fingerprint density at radius 3 is 2.71 bits per heavy atom. The minimum Gasteiger partial charge on any atom is -0.479 e. The molecule has 5 nitrogen and oxygen atoms in total. The van der Waals surface area contributed by atoms with Gasteiger partial charge in [0.05, 0.1) is 12.8 Å². The number of rotatable bonds is 2. The van der Waals surface area contributed by atoms with Crippen molar-refractivity contribution in [2.75, 3.05) is 7.11 Å². The van der Waals surface area contributed by atoms with Crippen molar-refractivity contribution >= 4 is 11.0 Å². The Labute approximate surface area is 97.7 Å². The summed E-state index contributed by atoms with van der Waals surface area (Å²) >= 11 is 0. The van der Waals surface area contributed by atoms with E-state index in [2.05, 4.69) is 15.3 Å². The van der Waals surface area contributed by atoms with E-state index in [9.17, 15) is 0 Å². The van der Waals surface area contributed by atoms with Crippen molar-refractivity contribution in [1.29, 1.82) is 0 Å². The van der Waals surface area contributed by atoms with Crippen molar-refractivity contribution in [3.8, 4) is 11.6 Å². The van der Waals surface area contributed by atoms with Crippen LogP contribution in [0.15, 0.2) is 42.6 Å². The molecule has 0 saturated carbocycles. The molecule has 0 aliphatic rings. The Morgan fingerprint density at radius 2 is 1.94 bits per heavy atom. The fourth-order valence-electron chi connectivity index (χ4n) is 1.74. The summed E-state index contributed by atoms with van der Waals surface area (Å²) < 4.78 is 6.91. The van der Waals surface area contributed by atoms with E-state index in [0.717, 1.165) is 11.2 Å². The van der Waals surface area contributed by atoms with E-state index in [1.807, 2.05) is 36.4 Å². The summed E-state index contributed by atoms with van der Waals surface area (Å²) in [7, 11) is 1.57. The normalized spacial score (nSPS) is 10.6. The van der Waals surface area contributed by atoms with E-state index in [-0.39, 0.29) is 0 Å². The zero-order valence-electron chi connectivity index (χ0n) is 9.24. The highest BCUT2D eigenvalue weighted by Crippen LogP contribution is 2.21. The lowest BCUT2D eigenvalue weighted by atomic mass is 10.3. The smallest absolute Gasteiger partial charge is 0.243 e. The van der Waals surface area contributed by atoms with E-state index in [4.69, 9.17) is 4.74 Å². The summed E-state index contributed by atoms with van der Waals surface area (Å²) in [5.41, 5.74) is 2.50. The van der Waals surface area contributed by atoms with Crippen LogP contribution in [-0.2, 0) is 0 Å². The average molecular weight is 226 g/mol. The summed E-state index contributed by atoms with van der Waals surface area (Å²) in [5, 5.41) is 8.21. The number of methoxy groups -OCH3 is 1. The first kappa shape index (κ1) is 9.77. The number of pyridine rings is 1. The van der Waals surface area contributed by atoms with Crippen molar-refractivity contribution in [3.63, 3.8) is 0 Å². The topological polar surface area (TPSA) is 52.8 Å². The molecule has 0 amide bonds. The van der Waals surface area contributed by atoms with Crippen LogP contribution in [0, 0.1) is 0 Å². The number of ether oxygens (including phenoxy) is 1. The highest BCUT2D eigenvalue weighted by atomic mass is 16.5. The van der Waals surface area contributed by atoms with Crippen LogP contribution >= 0.6 is 0 Å². The third-order valence-corrected chi connectivity index (χ3v) is 2.53. The van der Waals surface area contributed by atoms with Crippen molar-refractivity contribution in [1.82, 2.24) is 20.0 Å². The van der Waals surface area contributed by atoms with Crippen molar-refractivity contribution in [2.45, 2.75) is 0 Å². The van der Waals surface area contributed by atoms with Crippen LogP contribution in [-0.4, -0.2) is 27.1 Å². The van der Waals surface area contributed by atoms with Crippen LogP contribution in [0.1, 0.15) is 0 Å². The summed E-state index contributed by atoms with van der Waals surface area (Å²) in [6, 6.07) is 11.7. The maximum absolute atomic E-state index is 5.15. The summed E-state index contributed by atoms with van der Waals surface area (Å²) in [6.45, 7) is 0. The fourth-order valence-corrected chi connectivity index (χ4v) is 1.74. The summed E-state index contributed by atoms with van der Waals surface area (Å²) in [5.74, 6) is 0.490. The zero-order valence-corrected chi connectivity index (χ0v) is 9.24. The van der Waals surface area contributed by atoms with Gasteiger partial charge in [0.1, 0.15) is 5.52 Å². The lowest BCUT2D eigenvalue weighted by Gasteiger charge is -2.01. The highest BCUT2D eigenvalue weighted by Gasteiger charge is 2.10. The summed E-state index contributed by atoms with van der Waals surface area (Å²) in [6.07, 6.45) is 1.68. The third-order valence-electron chi connectivity index (χ3n) is 2.53. The molecule has 0 atom stereocenters. The van der Waals surface area contributed by atoms with Gasteiger partial charge >= 0.3 is 0 Å². The molecule has 0 unspecified atom stereocenters. The van der Waals surface area contributed by atoms with E-state index < -0.39 is 0 Å². The number of hydrogen-bond donors (Lipinski definition) is 0. The minimum absolute atomic E-state index is 0.490. The van der Waals surface area contributed by atoms with Crippen molar-refractivity contribution < 1.29 is 4.74 Å². The first-order chi connectivity index (χ1) is 8.40. The van der Waals surface area contributed by atoms with Crippen molar-refractivity contribution in [3.05, 3.63) is 42.6 Å². The van der Waals surface area contributed by atoms with Gasteiger partial charge in [-0.25, -0.2) is 9.67 Å². The molecule has 84 valence electrons. The Morgan fingerprint density at radius 1 is 1.12 bits per heavy atom. The second-order valence-electron chi connectivity index (χ2n) is 3.52. The second-order valence-corrected chi connectivity index (χ2v) is 3.52. The molecule has 2 aromatic heterocycles. The van der Waals surface area contributed by atoms with Crippen LogP contribution in [0.2, 0.25) is 0 Å². The molecular formula is C12H10N4O. The molecule has 2 heterocycles. The van der Waals surface area contributed by atoms with Crippen LogP contribution in [0.25, 0.3) is 16.7 Å². The van der Waals surface area contributed by atoms with Gasteiger partial charge < -0.3 is 4.74 Å². The Hall–Kier alpha value is -2.43. The van der Waals surface area contributed by atoms with Crippen molar-refractivity contribution in [2.24, 2.45) is 0 Å². The number of nitrogens with zero attached hydrogens (tertiary/aromatic N) is 4. The zero-order chi connectivity index (χ0) is 11.7. The van der Waals surface area contributed by atoms with Crippen LogP contribution in [0.5, 0.6) is 5.88 Å². The molecule has 0 bridgehead atoms. The standard InChI is InChI=1S/C12H10N4O/c1-17-12-11-10(7-8-13-12)16(15-14-11)9-5-3-2-4-6-9/h2-8H,1H3. The Bertz CT molecular complexity index is 648. The third kappa shape index (κ3) is 1.52. The van der Waals surface area contributed by atoms with Gasteiger partial charge in [-0.05, 0) is 18.2 Å². The molecule has 1 aromatic carbocycles. The molecular weight excluding hydrogens is 216 g/mol. The fraction of sp³-hybridized carbons (Fsp3) is 0.0833. The molecule has 0 spiro atoms. The monoisotopic (exact) mass is 226 g/mol. The number of fused-ring (bicyclic) bond motifs is 1. The molecule has 17 heavy (non-hydrogen) atoms. The Kier molecular flexibility index (Phi) is 2.22. The van der Waals surface area contributed by atoms with Gasteiger partial charge in [-0.3, -0.25) is 0 Å². The van der Waals surface area contributed by atoms with E-state index in [1.54, 1.807) is 18.0 Å². The van der Waals surface area contributed by atoms with Gasteiger partial charge in [-0.1, -0.05) is 23.4 Å². The lowest BCUT2D eigenvalue weighted by Crippen LogP contribution is -1.95. The predicted octanol–water partition coefficient (Wildman–Crippen LogP) is 1.82. The molecule has 0 fully saturated rings. The molecule has 3 aromatic rings. The van der Waals surface area contributed by atoms with Gasteiger partial charge in [-0.15, -0.1) is 5.10 Å². The van der Waals surface area contributed by atoms with Crippen LogP contribution < -0.4 is 4.74 Å². The van der Waals surface area contributed by atoms with Gasteiger partial charge in [-0.2, -0.15) is 0 Å². The largest absolute Gasteiger partial charge is 0.479 e. The van der Waals surface area contributed by atoms with Gasteiger partial charge in [0.15, 0.2) is 5.52 Å². The molecule has 0 aliphatic heterocycles. The van der Waals surface area contributed by atoms with E-state index >= 15 is 0 Å². The SMILES string of the molecule is COc1nccc2c1nnn2-c1ccccc1. The van der Waals surface area contributed by atoms with Gasteiger partial charge in [0, 0.05) is 6.20 Å². The molecule has 5 heteroatoms. The second kappa shape index (κ2) is 3.86. The molecule has 3 rings (SSSR count). The quantitative estimate of drug-likeness (QED) is 0.668. The summed E-state index contributed by atoms with van der Waals surface area (Å²) in [4.78, 5) is 4.09. The first-order valence-corrected chi connectivity index (χ1v) is 5.20. The van der Waals surface area contributed by atoms with Gasteiger partial charge in [0.2, 0.25) is 5.88 Å². The molecule has 0 N–H and O–H groups in total. The number of benzene rings is 1. The van der Waals surface area contributed by atoms with Gasteiger partial charge in [0.25, 0.3) is 0 Å². The number of para-hydroxylation sites is 1. The maximum atomic E-state index is 5.15. The Balaban J connectivity index is 2.26. The minimum atomic E-state index is 0.490. The molecule has 0 radical (unpaired) electrons. The van der Waals surface area contributed by atoms with Crippen LogP contribution in [0.4, 0.5) is 0 Å². The predicted molar refractivity (Wildman–Crippen MR) is 63.2 cm³/mol. The van der Waals surface area contributed by atoms with E-state index in [1.165, 1.54) is 0 Å². The lowest BCUT2D eigenvalue weighted by molar-refractivity contribution is 0.402.